The van der Waals surface area contributed by atoms with E-state index in [2.05, 4.69) is 12.2 Å². The summed E-state index contributed by atoms with van der Waals surface area (Å²) in [5.74, 6) is 0.721. The van der Waals surface area contributed by atoms with Gasteiger partial charge in [-0.05, 0) is 43.9 Å². The van der Waals surface area contributed by atoms with Gasteiger partial charge in [-0.2, -0.15) is 0 Å². The van der Waals surface area contributed by atoms with Gasteiger partial charge >= 0.3 is 0 Å². The van der Waals surface area contributed by atoms with E-state index in [1.54, 1.807) is 13.0 Å². The number of hydrogen-bond acceptors (Lipinski definition) is 3. The Morgan fingerprint density at radius 1 is 1.41 bits per heavy atom. The second-order valence-corrected chi connectivity index (χ2v) is 5.02. The standard InChI is InChI=1S/C14H20N2O/c1-9-4-3-5-14(9)16-11-6-7-13(15)12(8-11)10(2)17/h6-9,14,16H,3-5,15H2,1-2H3. The van der Waals surface area contributed by atoms with Gasteiger partial charge in [-0.25, -0.2) is 0 Å². The summed E-state index contributed by atoms with van der Waals surface area (Å²) in [6, 6.07) is 6.15. The minimum Gasteiger partial charge on any atom is -0.398 e. The maximum Gasteiger partial charge on any atom is 0.161 e. The predicted molar refractivity (Wildman–Crippen MR) is 71.3 cm³/mol. The third-order valence-electron chi connectivity index (χ3n) is 3.65. The number of rotatable bonds is 3. The maximum absolute atomic E-state index is 11.4. The number of nitrogens with two attached hydrogens (primary N) is 1. The first-order valence-electron chi connectivity index (χ1n) is 6.25. The van der Waals surface area contributed by atoms with Crippen molar-refractivity contribution < 1.29 is 4.79 Å². The molecule has 1 aromatic carbocycles. The lowest BCUT2D eigenvalue weighted by molar-refractivity contribution is 0.101. The van der Waals surface area contributed by atoms with Crippen LogP contribution in [-0.4, -0.2) is 11.8 Å². The molecule has 1 fully saturated rings. The Morgan fingerprint density at radius 3 is 2.76 bits per heavy atom. The molecular weight excluding hydrogens is 212 g/mol. The van der Waals surface area contributed by atoms with Gasteiger partial charge in [0, 0.05) is 23.0 Å². The van der Waals surface area contributed by atoms with Crippen LogP contribution in [0.15, 0.2) is 18.2 Å². The minimum atomic E-state index is 0.0191. The molecule has 2 unspecified atom stereocenters. The first-order chi connectivity index (χ1) is 8.08. The van der Waals surface area contributed by atoms with Crippen molar-refractivity contribution in [3.8, 4) is 0 Å². The molecule has 0 aliphatic heterocycles. The van der Waals surface area contributed by atoms with E-state index in [0.717, 1.165) is 5.69 Å². The molecule has 17 heavy (non-hydrogen) atoms. The number of hydrogen-bond donors (Lipinski definition) is 2. The summed E-state index contributed by atoms with van der Waals surface area (Å²) < 4.78 is 0. The molecule has 3 N–H and O–H groups in total. The average molecular weight is 232 g/mol. The molecule has 0 amide bonds. The van der Waals surface area contributed by atoms with E-state index in [1.165, 1.54) is 19.3 Å². The number of anilines is 2. The fourth-order valence-corrected chi connectivity index (χ4v) is 2.52. The van der Waals surface area contributed by atoms with Crippen LogP contribution in [0.1, 0.15) is 43.5 Å². The number of Topliss-reactive ketones (excluding diaryl/α,β-unsaturated/α-hetero) is 1. The van der Waals surface area contributed by atoms with Crippen LogP contribution in [0.3, 0.4) is 0 Å². The van der Waals surface area contributed by atoms with Gasteiger partial charge in [0.15, 0.2) is 5.78 Å². The van der Waals surface area contributed by atoms with Crippen LogP contribution in [0.25, 0.3) is 0 Å². The second-order valence-electron chi connectivity index (χ2n) is 5.02. The summed E-state index contributed by atoms with van der Waals surface area (Å²) in [6.45, 7) is 3.82. The van der Waals surface area contributed by atoms with Crippen molar-refractivity contribution in [3.05, 3.63) is 23.8 Å². The number of carbonyl (C=O) groups excluding carboxylic acids is 1. The van der Waals surface area contributed by atoms with Crippen molar-refractivity contribution in [1.29, 1.82) is 0 Å². The fourth-order valence-electron chi connectivity index (χ4n) is 2.52. The van der Waals surface area contributed by atoms with Crippen molar-refractivity contribution >= 4 is 17.2 Å². The van der Waals surface area contributed by atoms with Crippen molar-refractivity contribution in [2.45, 2.75) is 39.2 Å². The Labute approximate surface area is 102 Å². The van der Waals surface area contributed by atoms with E-state index in [1.807, 2.05) is 12.1 Å². The van der Waals surface area contributed by atoms with Gasteiger partial charge in [-0.15, -0.1) is 0 Å². The first kappa shape index (κ1) is 12.0. The summed E-state index contributed by atoms with van der Waals surface area (Å²) in [7, 11) is 0. The van der Waals surface area contributed by atoms with Crippen molar-refractivity contribution in [2.75, 3.05) is 11.1 Å². The normalized spacial score (nSPS) is 23.6. The van der Waals surface area contributed by atoms with Gasteiger partial charge in [0.2, 0.25) is 0 Å². The molecule has 3 heteroatoms. The average Bonchev–Trinajstić information content (AvgIpc) is 2.67. The van der Waals surface area contributed by atoms with Crippen molar-refractivity contribution in [2.24, 2.45) is 5.92 Å². The monoisotopic (exact) mass is 232 g/mol. The zero-order valence-electron chi connectivity index (χ0n) is 10.5. The third-order valence-corrected chi connectivity index (χ3v) is 3.65. The first-order valence-corrected chi connectivity index (χ1v) is 6.25. The highest BCUT2D eigenvalue weighted by Gasteiger charge is 2.23. The largest absolute Gasteiger partial charge is 0.398 e. The zero-order valence-corrected chi connectivity index (χ0v) is 10.5. The van der Waals surface area contributed by atoms with Crippen LogP contribution < -0.4 is 11.1 Å². The molecule has 0 spiro atoms. The fraction of sp³-hybridized carbons (Fsp3) is 0.500. The summed E-state index contributed by atoms with van der Waals surface area (Å²) in [5.41, 5.74) is 7.95. The molecule has 1 saturated carbocycles. The van der Waals surface area contributed by atoms with Gasteiger partial charge in [-0.3, -0.25) is 4.79 Å². The third kappa shape index (κ3) is 2.60. The quantitative estimate of drug-likeness (QED) is 0.622. The van der Waals surface area contributed by atoms with Crippen LogP contribution in [0.5, 0.6) is 0 Å². The Hall–Kier alpha value is -1.51. The Morgan fingerprint density at radius 2 is 2.18 bits per heavy atom. The number of benzene rings is 1. The highest BCUT2D eigenvalue weighted by Crippen LogP contribution is 2.29. The van der Waals surface area contributed by atoms with Crippen molar-refractivity contribution in [1.82, 2.24) is 0 Å². The molecule has 1 aliphatic carbocycles. The number of carbonyl (C=O) groups is 1. The molecule has 2 rings (SSSR count). The van der Waals surface area contributed by atoms with Gasteiger partial charge in [0.25, 0.3) is 0 Å². The van der Waals surface area contributed by atoms with Gasteiger partial charge in [0.1, 0.15) is 0 Å². The van der Waals surface area contributed by atoms with Crippen LogP contribution in [-0.2, 0) is 0 Å². The van der Waals surface area contributed by atoms with E-state index in [0.29, 0.717) is 23.2 Å². The lowest BCUT2D eigenvalue weighted by Gasteiger charge is -2.19. The lowest BCUT2D eigenvalue weighted by atomic mass is 10.0. The molecule has 2 atom stereocenters. The smallest absolute Gasteiger partial charge is 0.161 e. The molecule has 0 bridgehead atoms. The van der Waals surface area contributed by atoms with E-state index in [9.17, 15) is 4.79 Å². The maximum atomic E-state index is 11.4. The van der Waals surface area contributed by atoms with E-state index >= 15 is 0 Å². The molecular formula is C14H20N2O. The summed E-state index contributed by atoms with van der Waals surface area (Å²) >= 11 is 0. The van der Waals surface area contributed by atoms with Crippen molar-refractivity contribution in [3.63, 3.8) is 0 Å². The van der Waals surface area contributed by atoms with Gasteiger partial charge < -0.3 is 11.1 Å². The van der Waals surface area contributed by atoms with Crippen LogP contribution in [0.4, 0.5) is 11.4 Å². The molecule has 0 saturated heterocycles. The number of ketones is 1. The SMILES string of the molecule is CC(=O)c1cc(NC2CCCC2C)ccc1N. The van der Waals surface area contributed by atoms with Crippen LogP contribution in [0.2, 0.25) is 0 Å². The van der Waals surface area contributed by atoms with Gasteiger partial charge in [0.05, 0.1) is 0 Å². The topological polar surface area (TPSA) is 55.1 Å². The molecule has 1 aliphatic rings. The highest BCUT2D eigenvalue weighted by molar-refractivity contribution is 6.00. The number of nitrogens with one attached hydrogen (secondary N) is 1. The second kappa shape index (κ2) is 4.78. The summed E-state index contributed by atoms with van der Waals surface area (Å²) in [6.07, 6.45) is 3.78. The predicted octanol–water partition coefficient (Wildman–Crippen LogP) is 3.07. The van der Waals surface area contributed by atoms with Crippen LogP contribution >= 0.6 is 0 Å². The van der Waals surface area contributed by atoms with E-state index in [4.69, 9.17) is 5.73 Å². The lowest BCUT2D eigenvalue weighted by Crippen LogP contribution is -2.21. The number of nitrogen functional groups attached to an aromatic ring is 1. The molecule has 0 aromatic heterocycles. The van der Waals surface area contributed by atoms with Gasteiger partial charge in [-0.1, -0.05) is 13.3 Å². The highest BCUT2D eigenvalue weighted by atomic mass is 16.1. The van der Waals surface area contributed by atoms with E-state index < -0.39 is 0 Å². The molecule has 92 valence electrons. The molecule has 1 aromatic rings. The molecule has 3 nitrogen and oxygen atoms in total. The van der Waals surface area contributed by atoms with E-state index in [-0.39, 0.29) is 5.78 Å². The summed E-state index contributed by atoms with van der Waals surface area (Å²) in [4.78, 5) is 11.4. The summed E-state index contributed by atoms with van der Waals surface area (Å²) in [5, 5.41) is 3.51. The Balaban J connectivity index is 2.16. The Kier molecular flexibility index (Phi) is 3.36. The molecule has 0 heterocycles. The zero-order chi connectivity index (χ0) is 12.4. The molecule has 0 radical (unpaired) electrons. The van der Waals surface area contributed by atoms with Crippen LogP contribution in [0, 0.1) is 5.92 Å². The minimum absolute atomic E-state index is 0.0191. The Bertz CT molecular complexity index is 428.